The SMILES string of the molecule is Cc1cc(C(=O)COC(=O)c2ccc(Oc3ccccc3)cc2)c(C)n1C[C@H]1CCCO1. The van der Waals surface area contributed by atoms with Crippen molar-refractivity contribution in [3.05, 3.63) is 83.2 Å². The molecular formula is C26H27NO5. The summed E-state index contributed by atoms with van der Waals surface area (Å²) >= 11 is 0. The summed E-state index contributed by atoms with van der Waals surface area (Å²) in [4.78, 5) is 25.1. The third-order valence-electron chi connectivity index (χ3n) is 5.69. The second-order valence-corrected chi connectivity index (χ2v) is 7.97. The van der Waals surface area contributed by atoms with Gasteiger partial charge in [-0.3, -0.25) is 4.79 Å². The topological polar surface area (TPSA) is 66.8 Å². The lowest BCUT2D eigenvalue weighted by atomic mass is 10.1. The van der Waals surface area contributed by atoms with Crippen molar-refractivity contribution in [2.75, 3.05) is 13.2 Å². The summed E-state index contributed by atoms with van der Waals surface area (Å²) < 4.78 is 18.8. The number of benzene rings is 2. The number of esters is 1. The number of rotatable bonds is 8. The van der Waals surface area contributed by atoms with E-state index in [1.165, 1.54) is 0 Å². The molecule has 6 nitrogen and oxygen atoms in total. The summed E-state index contributed by atoms with van der Waals surface area (Å²) in [7, 11) is 0. The number of Topliss-reactive ketones (excluding diaryl/α,β-unsaturated/α-hetero) is 1. The molecule has 2 aromatic carbocycles. The van der Waals surface area contributed by atoms with Gasteiger partial charge >= 0.3 is 5.97 Å². The van der Waals surface area contributed by atoms with Crippen LogP contribution in [-0.2, 0) is 16.0 Å². The smallest absolute Gasteiger partial charge is 0.338 e. The van der Waals surface area contributed by atoms with E-state index in [9.17, 15) is 9.59 Å². The van der Waals surface area contributed by atoms with Crippen LogP contribution in [0.15, 0.2) is 60.7 Å². The van der Waals surface area contributed by atoms with Crippen LogP contribution >= 0.6 is 0 Å². The molecule has 0 N–H and O–H groups in total. The van der Waals surface area contributed by atoms with Crippen molar-refractivity contribution >= 4 is 11.8 Å². The van der Waals surface area contributed by atoms with E-state index in [4.69, 9.17) is 14.2 Å². The molecule has 6 heteroatoms. The van der Waals surface area contributed by atoms with E-state index in [1.807, 2.05) is 50.2 Å². The van der Waals surface area contributed by atoms with Gasteiger partial charge in [0.25, 0.3) is 0 Å². The molecule has 1 aromatic heterocycles. The second-order valence-electron chi connectivity index (χ2n) is 7.97. The monoisotopic (exact) mass is 433 g/mol. The first-order valence-corrected chi connectivity index (χ1v) is 10.8. The van der Waals surface area contributed by atoms with Gasteiger partial charge in [-0.05, 0) is 69.2 Å². The van der Waals surface area contributed by atoms with Gasteiger partial charge in [-0.25, -0.2) is 4.79 Å². The normalized spacial score (nSPS) is 15.5. The van der Waals surface area contributed by atoms with Crippen LogP contribution in [0.3, 0.4) is 0 Å². The van der Waals surface area contributed by atoms with Gasteiger partial charge in [-0.15, -0.1) is 0 Å². The predicted molar refractivity (Wildman–Crippen MR) is 120 cm³/mol. The molecule has 0 amide bonds. The Kier molecular flexibility index (Phi) is 6.71. The van der Waals surface area contributed by atoms with Gasteiger partial charge in [0, 0.05) is 30.1 Å². The number of hydrogen-bond donors (Lipinski definition) is 0. The van der Waals surface area contributed by atoms with Gasteiger partial charge in [-0.1, -0.05) is 18.2 Å². The number of para-hydroxylation sites is 1. The molecular weight excluding hydrogens is 406 g/mol. The number of aryl methyl sites for hydroxylation is 1. The molecule has 1 saturated heterocycles. The summed E-state index contributed by atoms with van der Waals surface area (Å²) in [6.45, 7) is 5.13. The minimum Gasteiger partial charge on any atom is -0.457 e. The van der Waals surface area contributed by atoms with Crippen molar-refractivity contribution in [1.29, 1.82) is 0 Å². The van der Waals surface area contributed by atoms with E-state index in [0.29, 0.717) is 22.6 Å². The number of ether oxygens (including phenoxy) is 3. The lowest BCUT2D eigenvalue weighted by molar-refractivity contribution is 0.0474. The van der Waals surface area contributed by atoms with Gasteiger partial charge in [0.15, 0.2) is 6.61 Å². The first-order valence-electron chi connectivity index (χ1n) is 10.8. The highest BCUT2D eigenvalue weighted by Crippen LogP contribution is 2.22. The molecule has 0 unspecified atom stereocenters. The zero-order valence-corrected chi connectivity index (χ0v) is 18.4. The van der Waals surface area contributed by atoms with Crippen LogP contribution in [0.5, 0.6) is 11.5 Å². The number of aromatic nitrogens is 1. The molecule has 32 heavy (non-hydrogen) atoms. The van der Waals surface area contributed by atoms with Crippen LogP contribution in [0.2, 0.25) is 0 Å². The number of hydrogen-bond acceptors (Lipinski definition) is 5. The molecule has 4 rings (SSSR count). The maximum absolute atomic E-state index is 12.7. The van der Waals surface area contributed by atoms with Crippen molar-refractivity contribution in [3.8, 4) is 11.5 Å². The molecule has 0 spiro atoms. The van der Waals surface area contributed by atoms with Crippen LogP contribution in [0, 0.1) is 13.8 Å². The van der Waals surface area contributed by atoms with E-state index < -0.39 is 5.97 Å². The van der Waals surface area contributed by atoms with E-state index in [-0.39, 0.29) is 18.5 Å². The van der Waals surface area contributed by atoms with Crippen molar-refractivity contribution in [2.24, 2.45) is 0 Å². The quantitative estimate of drug-likeness (QED) is 0.365. The molecule has 1 fully saturated rings. The van der Waals surface area contributed by atoms with E-state index in [1.54, 1.807) is 24.3 Å². The minimum absolute atomic E-state index is 0.189. The minimum atomic E-state index is -0.544. The number of ketones is 1. The molecule has 0 saturated carbocycles. The fourth-order valence-electron chi connectivity index (χ4n) is 3.93. The highest BCUT2D eigenvalue weighted by atomic mass is 16.5. The van der Waals surface area contributed by atoms with Gasteiger partial charge in [0.2, 0.25) is 5.78 Å². The first kappa shape index (κ1) is 21.8. The Bertz CT molecular complexity index is 1080. The average molecular weight is 434 g/mol. The van der Waals surface area contributed by atoms with Crippen molar-refractivity contribution in [1.82, 2.24) is 4.57 Å². The molecule has 0 bridgehead atoms. The Labute approximate surface area is 187 Å². The summed E-state index contributed by atoms with van der Waals surface area (Å²) in [6.07, 6.45) is 2.30. The van der Waals surface area contributed by atoms with E-state index in [0.717, 1.165) is 37.4 Å². The fraction of sp³-hybridized carbons (Fsp3) is 0.308. The molecule has 1 aliphatic rings. The Morgan fingerprint density at radius 3 is 2.44 bits per heavy atom. The highest BCUT2D eigenvalue weighted by molar-refractivity contribution is 6.00. The molecule has 3 aromatic rings. The van der Waals surface area contributed by atoms with Crippen LogP contribution in [0.4, 0.5) is 0 Å². The van der Waals surface area contributed by atoms with Gasteiger partial charge < -0.3 is 18.8 Å². The summed E-state index contributed by atoms with van der Waals surface area (Å²) in [5.74, 6) is 0.569. The average Bonchev–Trinajstić information content (AvgIpc) is 3.42. The van der Waals surface area contributed by atoms with Crippen molar-refractivity contribution in [3.63, 3.8) is 0 Å². The zero-order valence-electron chi connectivity index (χ0n) is 18.4. The Balaban J connectivity index is 1.34. The lowest BCUT2D eigenvalue weighted by Gasteiger charge is -2.14. The fourth-order valence-corrected chi connectivity index (χ4v) is 3.93. The maximum Gasteiger partial charge on any atom is 0.338 e. The third kappa shape index (κ3) is 5.08. The maximum atomic E-state index is 12.7. The Morgan fingerprint density at radius 2 is 1.75 bits per heavy atom. The number of nitrogens with zero attached hydrogens (tertiary/aromatic N) is 1. The second kappa shape index (κ2) is 9.83. The van der Waals surface area contributed by atoms with Gasteiger partial charge in [0.05, 0.1) is 11.7 Å². The third-order valence-corrected chi connectivity index (χ3v) is 5.69. The lowest BCUT2D eigenvalue weighted by Crippen LogP contribution is -2.18. The van der Waals surface area contributed by atoms with Crippen LogP contribution < -0.4 is 4.74 Å². The van der Waals surface area contributed by atoms with Crippen LogP contribution in [-0.4, -0.2) is 35.6 Å². The van der Waals surface area contributed by atoms with E-state index >= 15 is 0 Å². The molecule has 0 radical (unpaired) electrons. The first-order chi connectivity index (χ1) is 15.5. The molecule has 166 valence electrons. The molecule has 1 atom stereocenters. The standard InChI is InChI=1S/C26H27NO5/c1-18-15-24(19(2)27(18)16-23-9-6-14-30-23)25(28)17-31-26(29)20-10-12-22(13-11-20)32-21-7-4-3-5-8-21/h3-5,7-8,10-13,15,23H,6,9,14,16-17H2,1-2H3/t23-/m1/s1. The van der Waals surface area contributed by atoms with Crippen molar-refractivity contribution in [2.45, 2.75) is 39.3 Å². The van der Waals surface area contributed by atoms with Crippen LogP contribution in [0.25, 0.3) is 0 Å². The molecule has 2 heterocycles. The molecule has 1 aliphatic heterocycles. The highest BCUT2D eigenvalue weighted by Gasteiger charge is 2.22. The molecule has 0 aliphatic carbocycles. The Hall–Kier alpha value is -3.38. The van der Waals surface area contributed by atoms with Crippen molar-refractivity contribution < 1.29 is 23.8 Å². The van der Waals surface area contributed by atoms with E-state index in [2.05, 4.69) is 4.57 Å². The van der Waals surface area contributed by atoms with Gasteiger partial charge in [0.1, 0.15) is 11.5 Å². The summed E-state index contributed by atoms with van der Waals surface area (Å²) in [5.41, 5.74) is 2.82. The predicted octanol–water partition coefficient (Wildman–Crippen LogP) is 5.12. The van der Waals surface area contributed by atoms with Gasteiger partial charge in [-0.2, -0.15) is 0 Å². The zero-order chi connectivity index (χ0) is 22.5. The Morgan fingerprint density at radius 1 is 1.03 bits per heavy atom. The number of carbonyl (C=O) groups excluding carboxylic acids is 2. The largest absolute Gasteiger partial charge is 0.457 e. The number of carbonyl (C=O) groups is 2. The van der Waals surface area contributed by atoms with Crippen LogP contribution in [0.1, 0.15) is 44.9 Å². The summed E-state index contributed by atoms with van der Waals surface area (Å²) in [5, 5.41) is 0. The summed E-state index contributed by atoms with van der Waals surface area (Å²) in [6, 6.07) is 17.9.